The van der Waals surface area contributed by atoms with Crippen LogP contribution in [0.25, 0.3) is 0 Å². The predicted octanol–water partition coefficient (Wildman–Crippen LogP) is 3.95. The number of carboxylic acids is 1. The number of halogens is 3. The summed E-state index contributed by atoms with van der Waals surface area (Å²) in [5.74, 6) is 0.509. The molecule has 4 N–H and O–H groups in total. The number of aromatic hydroxyl groups is 1. The Labute approximate surface area is 174 Å². The third kappa shape index (κ3) is 5.06. The van der Waals surface area contributed by atoms with Gasteiger partial charge in [-0.15, -0.1) is 0 Å². The zero-order valence-corrected chi connectivity index (χ0v) is 18.1. The first-order valence-electron chi connectivity index (χ1n) is 6.40. The van der Waals surface area contributed by atoms with Crippen molar-refractivity contribution in [3.8, 4) is 17.2 Å². The summed E-state index contributed by atoms with van der Waals surface area (Å²) >= 11 is 6.40. The average Bonchev–Trinajstić information content (AvgIpc) is 2.44. The molecule has 0 saturated carbocycles. The SMILES string of the molecule is N[C@@H](Cc1cc(I)c(Oc2ccc(O)cc2I)c(I)c1)C(=O)O. The van der Waals surface area contributed by atoms with Crippen molar-refractivity contribution < 1.29 is 19.7 Å². The first kappa shape index (κ1) is 19.0. The van der Waals surface area contributed by atoms with Gasteiger partial charge in [-0.25, -0.2) is 0 Å². The van der Waals surface area contributed by atoms with Gasteiger partial charge >= 0.3 is 5.97 Å². The molecule has 2 aromatic carbocycles. The van der Waals surface area contributed by atoms with Gasteiger partial charge in [0.15, 0.2) is 5.75 Å². The topological polar surface area (TPSA) is 92.8 Å². The predicted molar refractivity (Wildman–Crippen MR) is 112 cm³/mol. The molecule has 0 aliphatic rings. The zero-order chi connectivity index (χ0) is 17.1. The molecule has 0 saturated heterocycles. The fraction of sp³-hybridized carbons (Fsp3) is 0.133. The molecule has 122 valence electrons. The van der Waals surface area contributed by atoms with Gasteiger partial charge < -0.3 is 20.7 Å². The second kappa shape index (κ2) is 8.16. The van der Waals surface area contributed by atoms with E-state index in [1.807, 2.05) is 12.1 Å². The van der Waals surface area contributed by atoms with Gasteiger partial charge in [0.1, 0.15) is 17.5 Å². The third-order valence-electron chi connectivity index (χ3n) is 2.96. The number of ether oxygens (including phenoxy) is 1. The Hall–Kier alpha value is -0.340. The standard InChI is InChI=1S/C15H12I3NO4/c16-9-6-8(20)1-2-13(9)23-14-10(17)3-7(4-11(14)18)5-12(19)15(21)22/h1-4,6,12,20H,5,19H2,(H,21,22)/t12-/m0/s1. The maximum absolute atomic E-state index is 10.9. The molecule has 1 atom stereocenters. The van der Waals surface area contributed by atoms with Crippen LogP contribution in [0.1, 0.15) is 5.56 Å². The number of phenols is 1. The third-order valence-corrected chi connectivity index (χ3v) is 5.40. The quantitative estimate of drug-likeness (QED) is 0.427. The van der Waals surface area contributed by atoms with E-state index in [0.717, 1.165) is 16.3 Å². The van der Waals surface area contributed by atoms with Crippen molar-refractivity contribution >= 4 is 73.7 Å². The smallest absolute Gasteiger partial charge is 0.320 e. The number of hydrogen-bond donors (Lipinski definition) is 3. The van der Waals surface area contributed by atoms with Crippen LogP contribution in [-0.2, 0) is 11.2 Å². The van der Waals surface area contributed by atoms with Gasteiger partial charge in [-0.3, -0.25) is 4.79 Å². The normalized spacial score (nSPS) is 12.0. The molecule has 8 heteroatoms. The fourth-order valence-electron chi connectivity index (χ4n) is 1.85. The number of rotatable bonds is 5. The number of nitrogens with two attached hydrogens (primary N) is 1. The molecule has 0 aliphatic carbocycles. The summed E-state index contributed by atoms with van der Waals surface area (Å²) in [6.45, 7) is 0. The minimum absolute atomic E-state index is 0.184. The van der Waals surface area contributed by atoms with Gasteiger partial charge in [-0.05, 0) is 110 Å². The Morgan fingerprint density at radius 3 is 2.26 bits per heavy atom. The lowest BCUT2D eigenvalue weighted by Gasteiger charge is -2.14. The Balaban J connectivity index is 2.28. The van der Waals surface area contributed by atoms with Crippen LogP contribution in [0.3, 0.4) is 0 Å². The lowest BCUT2D eigenvalue weighted by molar-refractivity contribution is -0.138. The molecule has 0 heterocycles. The molecule has 23 heavy (non-hydrogen) atoms. The van der Waals surface area contributed by atoms with Crippen molar-refractivity contribution in [2.24, 2.45) is 5.73 Å². The maximum Gasteiger partial charge on any atom is 0.320 e. The molecule has 0 amide bonds. The summed E-state index contributed by atoms with van der Waals surface area (Å²) in [5.41, 5.74) is 6.43. The van der Waals surface area contributed by atoms with E-state index in [-0.39, 0.29) is 12.2 Å². The summed E-state index contributed by atoms with van der Waals surface area (Å²) in [4.78, 5) is 10.9. The Morgan fingerprint density at radius 2 is 1.74 bits per heavy atom. The van der Waals surface area contributed by atoms with Crippen LogP contribution >= 0.6 is 67.8 Å². The molecule has 0 radical (unpaired) electrons. The monoisotopic (exact) mass is 651 g/mol. The largest absolute Gasteiger partial charge is 0.508 e. The number of carboxylic acid groups (broad SMARTS) is 1. The van der Waals surface area contributed by atoms with E-state index < -0.39 is 12.0 Å². The fourth-order valence-corrected chi connectivity index (χ4v) is 4.58. The van der Waals surface area contributed by atoms with Gasteiger partial charge in [0, 0.05) is 0 Å². The van der Waals surface area contributed by atoms with E-state index in [9.17, 15) is 9.90 Å². The molecule has 0 unspecified atom stereocenters. The number of carbonyl (C=O) groups is 1. The maximum atomic E-state index is 10.9. The molecule has 0 aromatic heterocycles. The first-order valence-corrected chi connectivity index (χ1v) is 9.64. The molecular formula is C15H12I3NO4. The molecule has 0 bridgehead atoms. The van der Waals surface area contributed by atoms with Crippen molar-refractivity contribution in [3.05, 3.63) is 46.6 Å². The lowest BCUT2D eigenvalue weighted by atomic mass is 10.1. The molecule has 0 spiro atoms. The van der Waals surface area contributed by atoms with Crippen LogP contribution in [0.15, 0.2) is 30.3 Å². The zero-order valence-electron chi connectivity index (χ0n) is 11.6. The highest BCUT2D eigenvalue weighted by molar-refractivity contribution is 14.1. The van der Waals surface area contributed by atoms with Crippen molar-refractivity contribution in [1.82, 2.24) is 0 Å². The summed E-state index contributed by atoms with van der Waals surface area (Å²) in [5, 5.41) is 18.4. The Morgan fingerprint density at radius 1 is 1.13 bits per heavy atom. The number of benzene rings is 2. The summed E-state index contributed by atoms with van der Waals surface area (Å²) in [7, 11) is 0. The van der Waals surface area contributed by atoms with Gasteiger partial charge in [-0.2, -0.15) is 0 Å². The van der Waals surface area contributed by atoms with Crippen LogP contribution in [0, 0.1) is 10.7 Å². The second-order valence-electron chi connectivity index (χ2n) is 4.75. The van der Waals surface area contributed by atoms with Crippen molar-refractivity contribution in [1.29, 1.82) is 0 Å². The number of aliphatic carboxylic acids is 1. The van der Waals surface area contributed by atoms with E-state index in [1.54, 1.807) is 18.2 Å². The molecule has 2 aromatic rings. The summed E-state index contributed by atoms with van der Waals surface area (Å²) in [6, 6.07) is 7.71. The van der Waals surface area contributed by atoms with Crippen LogP contribution < -0.4 is 10.5 Å². The van der Waals surface area contributed by atoms with Crippen LogP contribution in [0.2, 0.25) is 0 Å². The van der Waals surface area contributed by atoms with Gasteiger partial charge in [0.25, 0.3) is 0 Å². The highest BCUT2D eigenvalue weighted by Gasteiger charge is 2.16. The summed E-state index contributed by atoms with van der Waals surface area (Å²) in [6.07, 6.45) is 0.262. The van der Waals surface area contributed by atoms with E-state index in [2.05, 4.69) is 67.8 Å². The molecule has 2 rings (SSSR count). The lowest BCUT2D eigenvalue weighted by Crippen LogP contribution is -2.32. The van der Waals surface area contributed by atoms with E-state index in [0.29, 0.717) is 11.5 Å². The van der Waals surface area contributed by atoms with Gasteiger partial charge in [0.2, 0.25) is 0 Å². The Bertz CT molecular complexity index is 728. The molecule has 0 fully saturated rings. The molecule has 5 nitrogen and oxygen atoms in total. The van der Waals surface area contributed by atoms with Gasteiger partial charge in [-0.1, -0.05) is 0 Å². The van der Waals surface area contributed by atoms with Crippen LogP contribution in [0.4, 0.5) is 0 Å². The van der Waals surface area contributed by atoms with Gasteiger partial charge in [0.05, 0.1) is 10.7 Å². The van der Waals surface area contributed by atoms with Crippen molar-refractivity contribution in [3.63, 3.8) is 0 Å². The van der Waals surface area contributed by atoms with Crippen LogP contribution in [-0.4, -0.2) is 22.2 Å². The average molecular weight is 651 g/mol. The number of phenolic OH excluding ortho intramolecular Hbond substituents is 1. The Kier molecular flexibility index (Phi) is 6.74. The van der Waals surface area contributed by atoms with Crippen molar-refractivity contribution in [2.45, 2.75) is 12.5 Å². The highest BCUT2D eigenvalue weighted by atomic mass is 127. The minimum atomic E-state index is -1.02. The highest BCUT2D eigenvalue weighted by Crippen LogP contribution is 2.35. The number of hydrogen-bond acceptors (Lipinski definition) is 4. The summed E-state index contributed by atoms with van der Waals surface area (Å²) < 4.78 is 8.48. The minimum Gasteiger partial charge on any atom is -0.508 e. The molecule has 0 aliphatic heterocycles. The van der Waals surface area contributed by atoms with E-state index in [4.69, 9.17) is 15.6 Å². The second-order valence-corrected chi connectivity index (χ2v) is 8.24. The van der Waals surface area contributed by atoms with Crippen molar-refractivity contribution in [2.75, 3.05) is 0 Å². The first-order chi connectivity index (χ1) is 10.8. The van der Waals surface area contributed by atoms with E-state index >= 15 is 0 Å². The van der Waals surface area contributed by atoms with Crippen LogP contribution in [0.5, 0.6) is 17.2 Å². The van der Waals surface area contributed by atoms with E-state index in [1.165, 1.54) is 0 Å². The molecular weight excluding hydrogens is 639 g/mol.